The minimum absolute atomic E-state index is 0.262. The molecule has 1 unspecified atom stereocenters. The average Bonchev–Trinajstić information content (AvgIpc) is 2.53. The third kappa shape index (κ3) is 8.02. The van der Waals surface area contributed by atoms with E-state index in [1.54, 1.807) is 0 Å². The van der Waals surface area contributed by atoms with E-state index in [2.05, 4.69) is 43.2 Å². The fraction of sp³-hybridized carbons (Fsp3) is 0.944. The number of guanidine groups is 1. The zero-order chi connectivity index (χ0) is 17.1. The van der Waals surface area contributed by atoms with Gasteiger partial charge in [-0.3, -0.25) is 4.99 Å². The second kappa shape index (κ2) is 11.7. The monoisotopic (exact) mass is 326 g/mol. The molecular formula is C18H38N4O. The molecule has 1 saturated heterocycles. The van der Waals surface area contributed by atoms with Crippen LogP contribution in [0.15, 0.2) is 4.99 Å². The Bertz CT molecular complexity index is 319. The molecule has 0 aromatic carbocycles. The molecule has 136 valence electrons. The Labute approximate surface area is 142 Å². The molecule has 5 heteroatoms. The first kappa shape index (κ1) is 20.2. The Morgan fingerprint density at radius 1 is 1.22 bits per heavy atom. The molecule has 0 spiro atoms. The van der Waals surface area contributed by atoms with Crippen LogP contribution < -0.4 is 10.6 Å². The lowest BCUT2D eigenvalue weighted by molar-refractivity contribution is 0.167. The van der Waals surface area contributed by atoms with Crippen LogP contribution >= 0.6 is 0 Å². The Balaban J connectivity index is 2.49. The number of aliphatic hydroxyl groups is 1. The summed E-state index contributed by atoms with van der Waals surface area (Å²) in [4.78, 5) is 7.31. The first-order valence-corrected chi connectivity index (χ1v) is 9.50. The minimum Gasteiger partial charge on any atom is -0.396 e. The number of aliphatic imine (C=N–C) groups is 1. The topological polar surface area (TPSA) is 59.9 Å². The summed E-state index contributed by atoms with van der Waals surface area (Å²) in [6, 6.07) is 1.16. The second-order valence-electron chi connectivity index (χ2n) is 6.93. The van der Waals surface area contributed by atoms with Crippen molar-refractivity contribution in [3.63, 3.8) is 0 Å². The van der Waals surface area contributed by atoms with Gasteiger partial charge in [-0.1, -0.05) is 13.3 Å². The highest BCUT2D eigenvalue weighted by Gasteiger charge is 2.21. The van der Waals surface area contributed by atoms with E-state index in [-0.39, 0.29) is 6.61 Å². The third-order valence-electron chi connectivity index (χ3n) is 4.69. The van der Waals surface area contributed by atoms with E-state index in [9.17, 15) is 5.11 Å². The number of hydrogen-bond donors (Lipinski definition) is 3. The molecule has 1 atom stereocenters. The molecule has 0 aromatic heterocycles. The van der Waals surface area contributed by atoms with Crippen LogP contribution in [0.4, 0.5) is 0 Å². The first-order chi connectivity index (χ1) is 11.1. The fourth-order valence-electron chi connectivity index (χ4n) is 3.21. The van der Waals surface area contributed by atoms with Gasteiger partial charge in [0, 0.05) is 44.9 Å². The van der Waals surface area contributed by atoms with Gasteiger partial charge in [0.05, 0.1) is 0 Å². The minimum atomic E-state index is 0.262. The maximum absolute atomic E-state index is 9.18. The summed E-state index contributed by atoms with van der Waals surface area (Å²) in [5.74, 6) is 1.43. The molecule has 0 saturated carbocycles. The molecule has 1 fully saturated rings. The molecule has 1 aliphatic rings. The Morgan fingerprint density at radius 2 is 1.91 bits per heavy atom. The smallest absolute Gasteiger partial charge is 0.191 e. The number of rotatable bonds is 9. The van der Waals surface area contributed by atoms with Crippen LogP contribution in [0.5, 0.6) is 0 Å². The van der Waals surface area contributed by atoms with Crippen LogP contribution in [0.1, 0.15) is 59.8 Å². The molecule has 0 amide bonds. The van der Waals surface area contributed by atoms with Gasteiger partial charge in [0.2, 0.25) is 0 Å². The molecule has 0 aliphatic carbocycles. The summed E-state index contributed by atoms with van der Waals surface area (Å²) in [5, 5.41) is 16.2. The largest absolute Gasteiger partial charge is 0.396 e. The molecule has 1 rings (SSSR count). The van der Waals surface area contributed by atoms with Gasteiger partial charge in [-0.15, -0.1) is 0 Å². The lowest BCUT2D eigenvalue weighted by atomic mass is 10.0. The predicted molar refractivity (Wildman–Crippen MR) is 98.9 cm³/mol. The van der Waals surface area contributed by atoms with Crippen LogP contribution in [0.25, 0.3) is 0 Å². The van der Waals surface area contributed by atoms with E-state index in [0.717, 1.165) is 51.4 Å². The lowest BCUT2D eigenvalue weighted by Gasteiger charge is -2.35. The van der Waals surface area contributed by atoms with E-state index in [4.69, 9.17) is 4.99 Å². The Kier molecular flexibility index (Phi) is 10.3. The summed E-state index contributed by atoms with van der Waals surface area (Å²) in [6.45, 7) is 13.1. The van der Waals surface area contributed by atoms with Gasteiger partial charge >= 0.3 is 0 Å². The van der Waals surface area contributed by atoms with E-state index in [1.165, 1.54) is 12.8 Å². The van der Waals surface area contributed by atoms with Crippen molar-refractivity contribution in [2.45, 2.75) is 71.9 Å². The van der Waals surface area contributed by atoms with Crippen LogP contribution in [-0.2, 0) is 0 Å². The molecular weight excluding hydrogens is 288 g/mol. The van der Waals surface area contributed by atoms with Crippen LogP contribution in [0.2, 0.25) is 0 Å². The number of hydrogen-bond acceptors (Lipinski definition) is 3. The van der Waals surface area contributed by atoms with Crippen molar-refractivity contribution >= 4 is 5.96 Å². The highest BCUT2D eigenvalue weighted by Crippen LogP contribution is 2.13. The number of likely N-dealkylation sites (tertiary alicyclic amines) is 1. The van der Waals surface area contributed by atoms with E-state index < -0.39 is 0 Å². The molecule has 1 heterocycles. The zero-order valence-electron chi connectivity index (χ0n) is 15.6. The summed E-state index contributed by atoms with van der Waals surface area (Å²) in [7, 11) is 0. The quantitative estimate of drug-likeness (QED) is 0.449. The predicted octanol–water partition coefficient (Wildman–Crippen LogP) is 2.21. The van der Waals surface area contributed by atoms with E-state index in [0.29, 0.717) is 18.0 Å². The third-order valence-corrected chi connectivity index (χ3v) is 4.69. The van der Waals surface area contributed by atoms with Crippen LogP contribution in [0, 0.1) is 5.92 Å². The van der Waals surface area contributed by atoms with Crippen molar-refractivity contribution < 1.29 is 5.11 Å². The Hall–Kier alpha value is -0.810. The van der Waals surface area contributed by atoms with Gasteiger partial charge in [0.25, 0.3) is 0 Å². The van der Waals surface area contributed by atoms with Crippen molar-refractivity contribution in [2.24, 2.45) is 10.9 Å². The highest BCUT2D eigenvalue weighted by molar-refractivity contribution is 5.80. The molecule has 5 nitrogen and oxygen atoms in total. The van der Waals surface area contributed by atoms with Crippen molar-refractivity contribution in [1.29, 1.82) is 0 Å². The molecule has 0 bridgehead atoms. The van der Waals surface area contributed by atoms with Gasteiger partial charge < -0.3 is 20.6 Å². The molecule has 0 radical (unpaired) electrons. The summed E-state index contributed by atoms with van der Waals surface area (Å²) in [5.41, 5.74) is 0. The number of piperidine rings is 1. The lowest BCUT2D eigenvalue weighted by Crippen LogP contribution is -2.50. The molecule has 1 aliphatic heterocycles. The second-order valence-corrected chi connectivity index (χ2v) is 6.93. The van der Waals surface area contributed by atoms with Crippen molar-refractivity contribution in [2.75, 3.05) is 32.8 Å². The fourth-order valence-corrected chi connectivity index (χ4v) is 3.21. The number of nitrogens with one attached hydrogen (secondary N) is 2. The molecule has 0 aromatic rings. The van der Waals surface area contributed by atoms with Gasteiger partial charge in [-0.25, -0.2) is 0 Å². The Morgan fingerprint density at radius 3 is 2.43 bits per heavy atom. The van der Waals surface area contributed by atoms with Gasteiger partial charge in [0.15, 0.2) is 5.96 Å². The van der Waals surface area contributed by atoms with Crippen molar-refractivity contribution in [3.8, 4) is 0 Å². The van der Waals surface area contributed by atoms with E-state index >= 15 is 0 Å². The van der Waals surface area contributed by atoms with Crippen molar-refractivity contribution in [3.05, 3.63) is 0 Å². The first-order valence-electron chi connectivity index (χ1n) is 9.50. The molecule has 3 N–H and O–H groups in total. The average molecular weight is 327 g/mol. The van der Waals surface area contributed by atoms with Gasteiger partial charge in [-0.05, 0) is 52.4 Å². The van der Waals surface area contributed by atoms with Gasteiger partial charge in [-0.2, -0.15) is 0 Å². The normalized spacial score (nSPS) is 19.1. The molecule has 23 heavy (non-hydrogen) atoms. The van der Waals surface area contributed by atoms with Crippen LogP contribution in [-0.4, -0.2) is 60.8 Å². The number of nitrogens with zero attached hydrogens (tertiary/aromatic N) is 2. The summed E-state index contributed by atoms with van der Waals surface area (Å²) < 4.78 is 0. The van der Waals surface area contributed by atoms with Crippen molar-refractivity contribution in [1.82, 2.24) is 15.5 Å². The SMILES string of the molecule is CCCC(CCO)CN=C(NCC)NC1CCN(C(C)C)CC1. The van der Waals surface area contributed by atoms with Crippen LogP contribution in [0.3, 0.4) is 0 Å². The standard InChI is InChI=1S/C18H38N4O/c1-5-7-16(10-13-23)14-20-18(19-6-2)21-17-8-11-22(12-9-17)15(3)4/h15-17,23H,5-14H2,1-4H3,(H2,19,20,21). The van der Waals surface area contributed by atoms with Gasteiger partial charge in [0.1, 0.15) is 0 Å². The summed E-state index contributed by atoms with van der Waals surface area (Å²) >= 11 is 0. The maximum atomic E-state index is 9.18. The highest BCUT2D eigenvalue weighted by atomic mass is 16.3. The van der Waals surface area contributed by atoms with E-state index in [1.807, 2.05) is 0 Å². The number of aliphatic hydroxyl groups excluding tert-OH is 1. The maximum Gasteiger partial charge on any atom is 0.191 e. The summed E-state index contributed by atoms with van der Waals surface area (Å²) in [6.07, 6.45) is 5.49. The zero-order valence-corrected chi connectivity index (χ0v) is 15.6.